The Bertz CT molecular complexity index is 1780. The summed E-state index contributed by atoms with van der Waals surface area (Å²) in [6, 6.07) is 19.2. The summed E-state index contributed by atoms with van der Waals surface area (Å²) >= 11 is 7.12. The molecule has 0 aliphatic carbocycles. The summed E-state index contributed by atoms with van der Waals surface area (Å²) < 4.78 is 42.2. The van der Waals surface area contributed by atoms with E-state index < -0.39 is 11.7 Å². The van der Waals surface area contributed by atoms with Crippen molar-refractivity contribution in [3.63, 3.8) is 0 Å². The third-order valence-electron chi connectivity index (χ3n) is 7.10. The molecular weight excluding hydrogens is 590 g/mol. The topological polar surface area (TPSA) is 60.0 Å². The second-order valence-electron chi connectivity index (χ2n) is 10.7. The monoisotopic (exact) mass is 620 g/mol. The van der Waals surface area contributed by atoms with Gasteiger partial charge in [-0.1, -0.05) is 57.2 Å². The Balaban J connectivity index is 1.23. The average molecular weight is 621 g/mol. The number of rotatable bonds is 7. The smallest absolute Gasteiger partial charge is 0.360 e. The van der Waals surface area contributed by atoms with Crippen molar-refractivity contribution in [2.24, 2.45) is 4.99 Å². The van der Waals surface area contributed by atoms with Crippen molar-refractivity contribution in [3.8, 4) is 22.8 Å². The van der Waals surface area contributed by atoms with Gasteiger partial charge in [0.15, 0.2) is 15.7 Å². The number of halogens is 3. The molecule has 0 radical (unpaired) electrons. The summed E-state index contributed by atoms with van der Waals surface area (Å²) in [5.41, 5.74) is 5.26. The quantitative estimate of drug-likeness (QED) is 0.189. The number of hydrogen-bond acceptors (Lipinski definition) is 4. The van der Waals surface area contributed by atoms with Crippen molar-refractivity contribution in [1.82, 2.24) is 24.6 Å². The molecule has 1 atom stereocenters. The first-order valence-corrected chi connectivity index (χ1v) is 15.1. The van der Waals surface area contributed by atoms with E-state index in [9.17, 15) is 13.2 Å². The molecule has 0 amide bonds. The molecule has 2 heterocycles. The van der Waals surface area contributed by atoms with Crippen LogP contribution in [0.2, 0.25) is 0 Å². The molecule has 0 saturated carbocycles. The molecule has 222 valence electrons. The minimum absolute atomic E-state index is 0.152. The van der Waals surface area contributed by atoms with Crippen molar-refractivity contribution in [2.75, 3.05) is 6.54 Å². The van der Waals surface area contributed by atoms with Gasteiger partial charge in [0.05, 0.1) is 16.9 Å². The van der Waals surface area contributed by atoms with E-state index in [-0.39, 0.29) is 5.92 Å². The van der Waals surface area contributed by atoms with Crippen LogP contribution in [0.4, 0.5) is 13.2 Å². The van der Waals surface area contributed by atoms with E-state index in [1.54, 1.807) is 11.3 Å². The molecule has 3 aromatic carbocycles. The molecule has 1 unspecified atom stereocenters. The molecule has 2 aromatic heterocycles. The predicted octanol–water partition coefficient (Wildman–Crippen LogP) is 7.82. The fourth-order valence-electron chi connectivity index (χ4n) is 4.66. The van der Waals surface area contributed by atoms with Gasteiger partial charge in [0.1, 0.15) is 6.33 Å². The number of alkyl halides is 3. The largest absolute Gasteiger partial charge is 0.416 e. The first-order valence-electron chi connectivity index (χ1n) is 13.8. The minimum Gasteiger partial charge on any atom is -0.360 e. The number of thiazole rings is 1. The van der Waals surface area contributed by atoms with Crippen LogP contribution >= 0.6 is 23.6 Å². The van der Waals surface area contributed by atoms with E-state index in [1.807, 2.05) is 35.8 Å². The highest BCUT2D eigenvalue weighted by Crippen LogP contribution is 2.30. The molecule has 5 rings (SSSR count). The van der Waals surface area contributed by atoms with E-state index in [0.29, 0.717) is 29.1 Å². The Hall–Kier alpha value is -4.09. The van der Waals surface area contributed by atoms with E-state index in [0.717, 1.165) is 33.7 Å². The Kier molecular flexibility index (Phi) is 8.93. The zero-order chi connectivity index (χ0) is 30.7. The normalized spacial score (nSPS) is 13.0. The molecule has 6 nitrogen and oxygen atoms in total. The molecule has 0 fully saturated rings. The third kappa shape index (κ3) is 7.11. The molecule has 0 spiro atoms. The van der Waals surface area contributed by atoms with Gasteiger partial charge < -0.3 is 5.32 Å². The molecule has 11 heteroatoms. The predicted molar refractivity (Wildman–Crippen MR) is 169 cm³/mol. The third-order valence-corrected chi connectivity index (χ3v) is 8.09. The van der Waals surface area contributed by atoms with Gasteiger partial charge in [-0.15, -0.1) is 16.4 Å². The molecule has 5 aromatic rings. The number of nitrogens with zero attached hydrogens (tertiary/aromatic N) is 5. The van der Waals surface area contributed by atoms with Crippen LogP contribution in [0.15, 0.2) is 89.6 Å². The molecular formula is C32H31F3N6S2. The van der Waals surface area contributed by atoms with Gasteiger partial charge in [-0.25, -0.2) is 9.67 Å². The van der Waals surface area contributed by atoms with Crippen LogP contribution in [-0.2, 0) is 6.18 Å². The molecule has 43 heavy (non-hydrogen) atoms. The average Bonchev–Trinajstić information content (AvgIpc) is 3.66. The first-order chi connectivity index (χ1) is 20.5. The molecule has 0 aliphatic rings. The maximum atomic E-state index is 12.9. The Morgan fingerprint density at radius 1 is 1.02 bits per heavy atom. The van der Waals surface area contributed by atoms with Crippen LogP contribution in [0.25, 0.3) is 22.8 Å². The number of thiocarbonyl (C=S) groups is 1. The number of benzene rings is 3. The maximum Gasteiger partial charge on any atom is 0.416 e. The summed E-state index contributed by atoms with van der Waals surface area (Å²) in [4.78, 5) is 9.87. The molecule has 0 aliphatic heterocycles. The first kappa shape index (κ1) is 30.4. The van der Waals surface area contributed by atoms with Gasteiger partial charge in [-0.05, 0) is 78.0 Å². The van der Waals surface area contributed by atoms with Crippen LogP contribution in [0.5, 0.6) is 0 Å². The van der Waals surface area contributed by atoms with Gasteiger partial charge >= 0.3 is 6.18 Å². The Morgan fingerprint density at radius 3 is 2.42 bits per heavy atom. The molecule has 0 saturated heterocycles. The SMILES string of the molecule is Cc1ccc(C(C)C)c(-n2ccsc2=NC(=S)NCC(C)c2ccc(-c3ncn(-c4ccc(C(F)(F)F)cc4)n3)cc2)c1. The maximum absolute atomic E-state index is 12.9. The lowest BCUT2D eigenvalue weighted by atomic mass is 9.99. The van der Waals surface area contributed by atoms with Crippen LogP contribution in [0.1, 0.15) is 54.9 Å². The lowest BCUT2D eigenvalue weighted by Crippen LogP contribution is -2.27. The number of aryl methyl sites for hydroxylation is 1. The van der Waals surface area contributed by atoms with Crippen LogP contribution in [0.3, 0.4) is 0 Å². The highest BCUT2D eigenvalue weighted by molar-refractivity contribution is 7.80. The van der Waals surface area contributed by atoms with Crippen molar-refractivity contribution >= 4 is 28.7 Å². The second-order valence-corrected chi connectivity index (χ2v) is 11.9. The van der Waals surface area contributed by atoms with E-state index in [1.165, 1.54) is 34.3 Å². The van der Waals surface area contributed by atoms with Crippen LogP contribution in [0, 0.1) is 6.92 Å². The fraction of sp³-hybridized carbons (Fsp3) is 0.250. The van der Waals surface area contributed by atoms with Crippen LogP contribution < -0.4 is 10.1 Å². The van der Waals surface area contributed by atoms with Crippen LogP contribution in [-0.4, -0.2) is 31.0 Å². The lowest BCUT2D eigenvalue weighted by Gasteiger charge is -2.15. The fourth-order valence-corrected chi connectivity index (χ4v) is 5.60. The second kappa shape index (κ2) is 12.6. The van der Waals surface area contributed by atoms with Gasteiger partial charge in [0, 0.05) is 23.7 Å². The van der Waals surface area contributed by atoms with Gasteiger partial charge in [0.25, 0.3) is 0 Å². The Morgan fingerprint density at radius 2 is 1.74 bits per heavy atom. The van der Waals surface area contributed by atoms with Gasteiger partial charge in [0.2, 0.25) is 0 Å². The molecule has 0 bridgehead atoms. The van der Waals surface area contributed by atoms with Gasteiger partial charge in [-0.2, -0.15) is 18.2 Å². The zero-order valence-electron chi connectivity index (χ0n) is 24.1. The van der Waals surface area contributed by atoms with E-state index in [4.69, 9.17) is 17.2 Å². The highest BCUT2D eigenvalue weighted by atomic mass is 32.1. The minimum atomic E-state index is -4.38. The zero-order valence-corrected chi connectivity index (χ0v) is 25.8. The highest BCUT2D eigenvalue weighted by Gasteiger charge is 2.30. The summed E-state index contributed by atoms with van der Waals surface area (Å²) in [5.74, 6) is 1.01. The van der Waals surface area contributed by atoms with Crippen molar-refractivity contribution < 1.29 is 13.2 Å². The number of nitrogens with one attached hydrogen (secondary N) is 1. The summed E-state index contributed by atoms with van der Waals surface area (Å²) in [7, 11) is 0. The molecule has 1 N–H and O–H groups in total. The van der Waals surface area contributed by atoms with E-state index in [2.05, 4.69) is 65.9 Å². The van der Waals surface area contributed by atoms with Gasteiger partial charge in [-0.3, -0.25) is 4.57 Å². The van der Waals surface area contributed by atoms with Crippen molar-refractivity contribution in [2.45, 2.75) is 45.7 Å². The summed E-state index contributed by atoms with van der Waals surface area (Å²) in [5, 5.41) is 10.2. The number of aromatic nitrogens is 4. The van der Waals surface area contributed by atoms with E-state index >= 15 is 0 Å². The standard InChI is InChI=1S/C32H31F3N6S2/c1-20(2)27-14-5-21(3)17-28(27)40-15-16-43-31(40)38-30(42)36-18-22(4)23-6-8-24(9-7-23)29-37-19-41(39-29)26-12-10-25(11-13-26)32(33,34)35/h5-17,19-20,22H,18H2,1-4H3,(H,36,42). The number of hydrogen-bond donors (Lipinski definition) is 1. The lowest BCUT2D eigenvalue weighted by molar-refractivity contribution is -0.137. The van der Waals surface area contributed by atoms with Crippen molar-refractivity contribution in [1.29, 1.82) is 0 Å². The summed E-state index contributed by atoms with van der Waals surface area (Å²) in [6.45, 7) is 9.17. The summed E-state index contributed by atoms with van der Waals surface area (Å²) in [6.07, 6.45) is -0.868. The van der Waals surface area contributed by atoms with Crippen molar-refractivity contribution in [3.05, 3.63) is 112 Å². The Labute approximate surface area is 257 Å².